The van der Waals surface area contributed by atoms with Gasteiger partial charge in [-0.3, -0.25) is 9.59 Å². The van der Waals surface area contributed by atoms with Gasteiger partial charge in [-0.2, -0.15) is 0 Å². The van der Waals surface area contributed by atoms with Crippen LogP contribution in [0.3, 0.4) is 0 Å². The van der Waals surface area contributed by atoms with Crippen LogP contribution in [-0.2, 0) is 16.8 Å². The van der Waals surface area contributed by atoms with Crippen molar-refractivity contribution < 1.29 is 14.1 Å². The highest BCUT2D eigenvalue weighted by atomic mass is 35.5. The average molecular weight is 336 g/mol. The largest absolute Gasteiger partial charge is 0.367 e. The van der Waals surface area contributed by atoms with Crippen LogP contribution in [0.25, 0.3) is 0 Å². The van der Waals surface area contributed by atoms with Crippen molar-refractivity contribution in [3.63, 3.8) is 0 Å². The van der Waals surface area contributed by atoms with E-state index in [0.29, 0.717) is 34.0 Å². The van der Waals surface area contributed by atoms with Gasteiger partial charge in [0.2, 0.25) is 5.91 Å². The third-order valence-corrected chi connectivity index (χ3v) is 3.99. The first-order chi connectivity index (χ1) is 10.8. The molecule has 2 amide bonds. The van der Waals surface area contributed by atoms with Crippen LogP contribution in [-0.4, -0.2) is 17.0 Å². The molecule has 1 heterocycles. The number of aromatic nitrogens is 1. The standard InChI is InChI=1S/C16H18ClN3O3/c1-4-12-13(9(2)23-20-12)14(21)19-16(3,15(18)22)10-6-5-7-11(17)8-10/h5-8H,4H2,1-3H3,(H2,18,22)(H,19,21)/t16-/m1/s1. The van der Waals surface area contributed by atoms with Crippen molar-refractivity contribution in [1.29, 1.82) is 0 Å². The lowest BCUT2D eigenvalue weighted by atomic mass is 9.90. The molecule has 0 saturated carbocycles. The van der Waals surface area contributed by atoms with Gasteiger partial charge in [-0.25, -0.2) is 0 Å². The van der Waals surface area contributed by atoms with E-state index in [4.69, 9.17) is 21.9 Å². The Bertz CT molecular complexity index is 757. The minimum atomic E-state index is -1.41. The second-order valence-corrected chi connectivity index (χ2v) is 5.80. The van der Waals surface area contributed by atoms with E-state index in [0.717, 1.165) is 0 Å². The monoisotopic (exact) mass is 335 g/mol. The first-order valence-corrected chi connectivity index (χ1v) is 7.51. The number of nitrogens with zero attached hydrogens (tertiary/aromatic N) is 1. The highest BCUT2D eigenvalue weighted by molar-refractivity contribution is 6.30. The SMILES string of the molecule is CCc1noc(C)c1C(=O)N[C@@](C)(C(N)=O)c1cccc(Cl)c1. The third-order valence-electron chi connectivity index (χ3n) is 3.75. The lowest BCUT2D eigenvalue weighted by Gasteiger charge is -2.28. The Hall–Kier alpha value is -2.34. The van der Waals surface area contributed by atoms with Gasteiger partial charge in [-0.1, -0.05) is 35.8 Å². The van der Waals surface area contributed by atoms with Crippen molar-refractivity contribution in [2.24, 2.45) is 5.73 Å². The number of rotatable bonds is 5. The summed E-state index contributed by atoms with van der Waals surface area (Å²) in [5.41, 5.74) is 5.47. The number of halogens is 1. The summed E-state index contributed by atoms with van der Waals surface area (Å²) < 4.78 is 5.06. The number of hydrogen-bond acceptors (Lipinski definition) is 4. The van der Waals surface area contributed by atoms with Crippen molar-refractivity contribution in [2.75, 3.05) is 0 Å². The van der Waals surface area contributed by atoms with Crippen LogP contribution in [0, 0.1) is 6.92 Å². The number of nitrogens with two attached hydrogens (primary N) is 1. The molecule has 6 nitrogen and oxygen atoms in total. The number of aryl methyl sites for hydroxylation is 2. The molecule has 0 spiro atoms. The summed E-state index contributed by atoms with van der Waals surface area (Å²) in [5.74, 6) is -0.778. The van der Waals surface area contributed by atoms with E-state index in [2.05, 4.69) is 10.5 Å². The lowest BCUT2D eigenvalue weighted by molar-refractivity contribution is -0.123. The van der Waals surface area contributed by atoms with Crippen molar-refractivity contribution in [3.05, 3.63) is 51.9 Å². The molecule has 122 valence electrons. The summed E-state index contributed by atoms with van der Waals surface area (Å²) in [5, 5.41) is 6.97. The van der Waals surface area contributed by atoms with Gasteiger partial charge in [0.05, 0.1) is 5.69 Å². The van der Waals surface area contributed by atoms with Gasteiger partial charge in [0, 0.05) is 5.02 Å². The third kappa shape index (κ3) is 3.22. The molecule has 0 saturated heterocycles. The molecule has 1 aromatic heterocycles. The minimum Gasteiger partial charge on any atom is -0.367 e. The van der Waals surface area contributed by atoms with Gasteiger partial charge >= 0.3 is 0 Å². The highest BCUT2D eigenvalue weighted by Gasteiger charge is 2.36. The molecule has 0 radical (unpaired) electrons. The molecule has 1 aromatic carbocycles. The minimum absolute atomic E-state index is 0.321. The maximum absolute atomic E-state index is 12.6. The van der Waals surface area contributed by atoms with Crippen LogP contribution in [0.4, 0.5) is 0 Å². The van der Waals surface area contributed by atoms with Crippen LogP contribution in [0.5, 0.6) is 0 Å². The fourth-order valence-electron chi connectivity index (χ4n) is 2.32. The molecule has 0 unspecified atom stereocenters. The number of hydrogen-bond donors (Lipinski definition) is 2. The van der Waals surface area contributed by atoms with E-state index < -0.39 is 17.4 Å². The predicted octanol–water partition coefficient (Wildman–Crippen LogP) is 2.33. The second-order valence-electron chi connectivity index (χ2n) is 5.37. The maximum Gasteiger partial charge on any atom is 0.257 e. The van der Waals surface area contributed by atoms with Crippen molar-refractivity contribution in [1.82, 2.24) is 10.5 Å². The summed E-state index contributed by atoms with van der Waals surface area (Å²) in [4.78, 5) is 24.6. The Morgan fingerprint density at radius 3 is 2.70 bits per heavy atom. The summed E-state index contributed by atoms with van der Waals surface area (Å²) in [7, 11) is 0. The second kappa shape index (κ2) is 6.42. The molecule has 1 atom stereocenters. The van der Waals surface area contributed by atoms with Crippen molar-refractivity contribution in [3.8, 4) is 0 Å². The first kappa shape index (κ1) is 17.0. The molecule has 0 bridgehead atoms. The molecule has 0 aliphatic heterocycles. The smallest absolute Gasteiger partial charge is 0.257 e. The number of nitrogens with one attached hydrogen (secondary N) is 1. The van der Waals surface area contributed by atoms with E-state index >= 15 is 0 Å². The first-order valence-electron chi connectivity index (χ1n) is 7.13. The highest BCUT2D eigenvalue weighted by Crippen LogP contribution is 2.25. The zero-order chi connectivity index (χ0) is 17.2. The van der Waals surface area contributed by atoms with E-state index in [1.807, 2.05) is 6.92 Å². The summed E-state index contributed by atoms with van der Waals surface area (Å²) >= 11 is 5.97. The van der Waals surface area contributed by atoms with Crippen LogP contribution in [0.2, 0.25) is 5.02 Å². The summed E-state index contributed by atoms with van der Waals surface area (Å²) in [6.45, 7) is 5.04. The normalized spacial score (nSPS) is 13.4. The zero-order valence-corrected chi connectivity index (χ0v) is 13.9. The summed E-state index contributed by atoms with van der Waals surface area (Å²) in [6, 6.07) is 6.63. The van der Waals surface area contributed by atoms with Gasteiger partial charge < -0.3 is 15.6 Å². The molecule has 3 N–H and O–H groups in total. The van der Waals surface area contributed by atoms with Crippen molar-refractivity contribution >= 4 is 23.4 Å². The number of carbonyl (C=O) groups is 2. The molecule has 2 aromatic rings. The van der Waals surface area contributed by atoms with Crippen molar-refractivity contribution in [2.45, 2.75) is 32.7 Å². The Balaban J connectivity index is 2.42. The van der Waals surface area contributed by atoms with Gasteiger partial charge in [0.15, 0.2) is 0 Å². The zero-order valence-electron chi connectivity index (χ0n) is 13.1. The van der Waals surface area contributed by atoms with Crippen LogP contribution < -0.4 is 11.1 Å². The molecule has 0 aliphatic rings. The molecule has 7 heteroatoms. The molecular weight excluding hydrogens is 318 g/mol. The van der Waals surface area contributed by atoms with Gasteiger partial charge in [-0.15, -0.1) is 0 Å². The Morgan fingerprint density at radius 1 is 1.43 bits per heavy atom. The van der Waals surface area contributed by atoms with E-state index in [-0.39, 0.29) is 0 Å². The Kier molecular flexibility index (Phi) is 4.75. The van der Waals surface area contributed by atoms with E-state index in [1.54, 1.807) is 31.2 Å². The van der Waals surface area contributed by atoms with Gasteiger partial charge in [-0.05, 0) is 38.0 Å². The van der Waals surface area contributed by atoms with Crippen LogP contribution >= 0.6 is 11.6 Å². The quantitative estimate of drug-likeness (QED) is 0.876. The number of benzene rings is 1. The fourth-order valence-corrected chi connectivity index (χ4v) is 2.51. The molecular formula is C16H18ClN3O3. The lowest BCUT2D eigenvalue weighted by Crippen LogP contribution is -2.53. The Morgan fingerprint density at radius 2 is 2.13 bits per heavy atom. The fraction of sp³-hybridized carbons (Fsp3) is 0.312. The van der Waals surface area contributed by atoms with Crippen LogP contribution in [0.1, 0.15) is 41.2 Å². The molecule has 2 rings (SSSR count). The molecule has 23 heavy (non-hydrogen) atoms. The van der Waals surface area contributed by atoms with Gasteiger partial charge in [0.25, 0.3) is 5.91 Å². The molecule has 0 fully saturated rings. The average Bonchev–Trinajstić information content (AvgIpc) is 2.87. The Labute approximate surface area is 139 Å². The molecule has 0 aliphatic carbocycles. The van der Waals surface area contributed by atoms with Crippen LogP contribution in [0.15, 0.2) is 28.8 Å². The number of amides is 2. The topological polar surface area (TPSA) is 98.2 Å². The van der Waals surface area contributed by atoms with Gasteiger partial charge in [0.1, 0.15) is 16.9 Å². The number of primary amides is 1. The number of carbonyl (C=O) groups excluding carboxylic acids is 2. The predicted molar refractivity (Wildman–Crippen MR) is 86.1 cm³/mol. The summed E-state index contributed by atoms with van der Waals surface area (Å²) in [6.07, 6.45) is 0.532. The maximum atomic E-state index is 12.6. The van der Waals surface area contributed by atoms with E-state index in [1.165, 1.54) is 6.92 Å². The van der Waals surface area contributed by atoms with E-state index in [9.17, 15) is 9.59 Å².